The lowest BCUT2D eigenvalue weighted by Gasteiger charge is -2.01. The van der Waals surface area contributed by atoms with Gasteiger partial charge >= 0.3 is 11.9 Å². The van der Waals surface area contributed by atoms with Crippen molar-refractivity contribution in [2.24, 2.45) is 0 Å². The molecule has 0 aliphatic heterocycles. The summed E-state index contributed by atoms with van der Waals surface area (Å²) in [6.45, 7) is 0. The number of hydrogen-bond donors (Lipinski definition) is 1. The Morgan fingerprint density at radius 1 is 1.35 bits per heavy atom. The molecule has 1 N–H and O–H groups in total. The van der Waals surface area contributed by atoms with Crippen LogP contribution in [0.4, 0.5) is 0 Å². The summed E-state index contributed by atoms with van der Waals surface area (Å²) >= 11 is 1.32. The van der Waals surface area contributed by atoms with Gasteiger partial charge in [0.05, 0.1) is 18.4 Å². The summed E-state index contributed by atoms with van der Waals surface area (Å²) in [4.78, 5) is 26.0. The molecule has 104 valence electrons. The van der Waals surface area contributed by atoms with E-state index in [-0.39, 0.29) is 5.76 Å². The molecule has 0 spiro atoms. The Bertz CT molecular complexity index is 620. The zero-order valence-corrected chi connectivity index (χ0v) is 11.3. The van der Waals surface area contributed by atoms with E-state index in [4.69, 9.17) is 9.52 Å². The molecular weight excluding hydrogens is 282 g/mol. The fraction of sp³-hybridized carbons (Fsp3) is 0.154. The summed E-state index contributed by atoms with van der Waals surface area (Å²) in [6, 6.07) is 6.33. The Morgan fingerprint density at radius 2 is 2.15 bits per heavy atom. The number of carboxylic acid groups (broad SMARTS) is 1. The smallest absolute Gasteiger partial charge is 0.371 e. The molecule has 2 aromatic rings. The summed E-state index contributed by atoms with van der Waals surface area (Å²) in [5.74, 6) is -1.12. The van der Waals surface area contributed by atoms with Crippen molar-refractivity contribution in [3.8, 4) is 0 Å². The van der Waals surface area contributed by atoms with Crippen molar-refractivity contribution in [1.82, 2.24) is 4.98 Å². The molecule has 7 heteroatoms. The highest BCUT2D eigenvalue weighted by molar-refractivity contribution is 7.98. The number of hydrogen-bond acceptors (Lipinski definition) is 6. The van der Waals surface area contributed by atoms with Crippen LogP contribution in [0.3, 0.4) is 0 Å². The van der Waals surface area contributed by atoms with E-state index in [9.17, 15) is 9.59 Å². The number of methoxy groups -OCH3 is 1. The van der Waals surface area contributed by atoms with Crippen LogP contribution in [0.25, 0.3) is 0 Å². The molecule has 0 aliphatic rings. The van der Waals surface area contributed by atoms with Gasteiger partial charge in [-0.2, -0.15) is 0 Å². The fourth-order valence-electron chi connectivity index (χ4n) is 1.41. The van der Waals surface area contributed by atoms with Gasteiger partial charge in [0.25, 0.3) is 0 Å². The molecule has 0 atom stereocenters. The minimum absolute atomic E-state index is 0.0958. The van der Waals surface area contributed by atoms with Gasteiger partial charge in [-0.1, -0.05) is 11.8 Å². The maximum atomic E-state index is 11.2. The number of esters is 1. The first-order valence-corrected chi connectivity index (χ1v) is 6.58. The van der Waals surface area contributed by atoms with Crippen molar-refractivity contribution in [1.29, 1.82) is 0 Å². The van der Waals surface area contributed by atoms with E-state index in [1.807, 2.05) is 0 Å². The minimum Gasteiger partial charge on any atom is -0.475 e. The zero-order valence-electron chi connectivity index (χ0n) is 10.5. The lowest BCUT2D eigenvalue weighted by Crippen LogP contribution is -2.02. The normalized spacial score (nSPS) is 10.2. The number of carbonyl (C=O) groups excluding carboxylic acids is 1. The molecule has 0 saturated heterocycles. The van der Waals surface area contributed by atoms with E-state index in [0.717, 1.165) is 5.69 Å². The van der Waals surface area contributed by atoms with Gasteiger partial charge in [0, 0.05) is 11.9 Å². The van der Waals surface area contributed by atoms with Crippen molar-refractivity contribution in [3.63, 3.8) is 0 Å². The Labute approximate surface area is 118 Å². The van der Waals surface area contributed by atoms with Crippen LogP contribution in [0.2, 0.25) is 0 Å². The standard InChI is InChI=1S/C13H11NO5S/c1-18-13(17)8-2-3-9(14-6-8)7-20-11-5-4-10(19-11)12(15)16/h2-6H,7H2,1H3,(H,15,16). The minimum atomic E-state index is -1.10. The number of ether oxygens (including phenoxy) is 1. The number of carbonyl (C=O) groups is 2. The van der Waals surface area contributed by atoms with E-state index in [0.29, 0.717) is 16.4 Å². The van der Waals surface area contributed by atoms with E-state index in [1.54, 1.807) is 18.2 Å². The van der Waals surface area contributed by atoms with Crippen molar-refractivity contribution in [2.45, 2.75) is 10.8 Å². The molecule has 0 amide bonds. The first-order chi connectivity index (χ1) is 9.60. The van der Waals surface area contributed by atoms with Crippen molar-refractivity contribution < 1.29 is 23.8 Å². The maximum absolute atomic E-state index is 11.2. The molecule has 6 nitrogen and oxygen atoms in total. The predicted molar refractivity (Wildman–Crippen MR) is 70.8 cm³/mol. The fourth-order valence-corrected chi connectivity index (χ4v) is 2.18. The summed E-state index contributed by atoms with van der Waals surface area (Å²) in [6.07, 6.45) is 1.44. The van der Waals surface area contributed by atoms with Crippen molar-refractivity contribution in [2.75, 3.05) is 7.11 Å². The molecule has 20 heavy (non-hydrogen) atoms. The molecule has 0 aliphatic carbocycles. The van der Waals surface area contributed by atoms with Gasteiger partial charge in [-0.25, -0.2) is 9.59 Å². The van der Waals surface area contributed by atoms with Gasteiger partial charge in [0.1, 0.15) is 0 Å². The van der Waals surface area contributed by atoms with Crippen LogP contribution in [-0.4, -0.2) is 29.1 Å². The number of aromatic nitrogens is 1. The van der Waals surface area contributed by atoms with Gasteiger partial charge in [-0.05, 0) is 24.3 Å². The van der Waals surface area contributed by atoms with E-state index in [1.165, 1.54) is 31.1 Å². The Kier molecular flexibility index (Phi) is 4.41. The highest BCUT2D eigenvalue weighted by Crippen LogP contribution is 2.24. The number of pyridine rings is 1. The molecular formula is C13H11NO5S. The third kappa shape index (κ3) is 3.39. The third-order valence-corrected chi connectivity index (χ3v) is 3.34. The van der Waals surface area contributed by atoms with E-state index < -0.39 is 11.9 Å². The number of rotatable bonds is 5. The number of nitrogens with zero attached hydrogens (tertiary/aromatic N) is 1. The van der Waals surface area contributed by atoms with Crippen LogP contribution in [0.5, 0.6) is 0 Å². The number of aromatic carboxylic acids is 1. The van der Waals surface area contributed by atoms with Crippen LogP contribution >= 0.6 is 11.8 Å². The summed E-state index contributed by atoms with van der Waals surface area (Å²) in [7, 11) is 1.31. The highest BCUT2D eigenvalue weighted by Gasteiger charge is 2.10. The summed E-state index contributed by atoms with van der Waals surface area (Å²) in [5, 5.41) is 9.23. The largest absolute Gasteiger partial charge is 0.475 e. The van der Waals surface area contributed by atoms with Gasteiger partial charge in [0.2, 0.25) is 5.76 Å². The van der Waals surface area contributed by atoms with Crippen LogP contribution in [0.1, 0.15) is 26.6 Å². The van der Waals surface area contributed by atoms with E-state index >= 15 is 0 Å². The Morgan fingerprint density at radius 3 is 2.70 bits per heavy atom. The second-order valence-electron chi connectivity index (χ2n) is 3.74. The average molecular weight is 293 g/mol. The van der Waals surface area contributed by atoms with Crippen molar-refractivity contribution in [3.05, 3.63) is 47.5 Å². The molecule has 2 aromatic heterocycles. The highest BCUT2D eigenvalue weighted by atomic mass is 32.2. The SMILES string of the molecule is COC(=O)c1ccc(CSc2ccc(C(=O)O)o2)nc1. The molecule has 2 heterocycles. The Hall–Kier alpha value is -2.28. The number of furan rings is 1. The van der Waals surface area contributed by atoms with Gasteiger partial charge in [0.15, 0.2) is 5.09 Å². The molecule has 0 aromatic carbocycles. The maximum Gasteiger partial charge on any atom is 0.371 e. The molecule has 0 radical (unpaired) electrons. The van der Waals surface area contributed by atoms with Crippen molar-refractivity contribution >= 4 is 23.7 Å². The second-order valence-corrected chi connectivity index (χ2v) is 4.72. The van der Waals surface area contributed by atoms with Crippen LogP contribution in [0, 0.1) is 0 Å². The lowest BCUT2D eigenvalue weighted by molar-refractivity contribution is 0.0598. The Balaban J connectivity index is 1.96. The number of thioether (sulfide) groups is 1. The molecule has 0 saturated carbocycles. The zero-order chi connectivity index (χ0) is 14.5. The quantitative estimate of drug-likeness (QED) is 0.669. The lowest BCUT2D eigenvalue weighted by atomic mass is 10.2. The molecule has 2 rings (SSSR count). The molecule has 0 fully saturated rings. The topological polar surface area (TPSA) is 89.6 Å². The first kappa shape index (κ1) is 14.1. The van der Waals surface area contributed by atoms with Crippen LogP contribution in [-0.2, 0) is 10.5 Å². The molecule has 0 unspecified atom stereocenters. The predicted octanol–water partition coefficient (Wildman–Crippen LogP) is 2.45. The first-order valence-electron chi connectivity index (χ1n) is 5.59. The third-order valence-electron chi connectivity index (χ3n) is 2.40. The number of carboxylic acids is 1. The second kappa shape index (κ2) is 6.25. The summed E-state index contributed by atoms with van der Waals surface area (Å²) in [5.41, 5.74) is 1.13. The van der Waals surface area contributed by atoms with Crippen LogP contribution < -0.4 is 0 Å². The average Bonchev–Trinajstić information content (AvgIpc) is 2.94. The molecule has 0 bridgehead atoms. The van der Waals surface area contributed by atoms with Gasteiger partial charge in [-0.3, -0.25) is 4.98 Å². The van der Waals surface area contributed by atoms with Gasteiger partial charge < -0.3 is 14.3 Å². The van der Waals surface area contributed by atoms with Crippen LogP contribution in [0.15, 0.2) is 40.0 Å². The summed E-state index contributed by atoms with van der Waals surface area (Å²) < 4.78 is 9.68. The van der Waals surface area contributed by atoms with E-state index in [2.05, 4.69) is 9.72 Å². The van der Waals surface area contributed by atoms with Gasteiger partial charge in [-0.15, -0.1) is 0 Å². The monoisotopic (exact) mass is 293 g/mol.